The van der Waals surface area contributed by atoms with Gasteiger partial charge >= 0.3 is 12.1 Å². The number of oxime groups is 1. The Bertz CT molecular complexity index is 1450. The lowest BCUT2D eigenvalue weighted by Gasteiger charge is -2.46. The number of rotatable bonds is 6. The minimum atomic E-state index is -1.31. The van der Waals surface area contributed by atoms with Crippen LogP contribution in [0.2, 0.25) is 0 Å². The van der Waals surface area contributed by atoms with Crippen molar-refractivity contribution < 1.29 is 52.7 Å². The third kappa shape index (κ3) is 8.60. The molecule has 5 heterocycles. The number of pyridine rings is 1. The summed E-state index contributed by atoms with van der Waals surface area (Å²) < 4.78 is 38.1. The lowest BCUT2D eigenvalue weighted by molar-refractivity contribution is -0.294. The van der Waals surface area contributed by atoms with Crippen LogP contribution in [0, 0.1) is 17.8 Å². The first-order valence-corrected chi connectivity index (χ1v) is 18.3. The van der Waals surface area contributed by atoms with Gasteiger partial charge in [0.15, 0.2) is 17.6 Å². The molecule has 0 radical (unpaired) electrons. The van der Waals surface area contributed by atoms with Crippen LogP contribution in [0.1, 0.15) is 74.1 Å². The Morgan fingerprint density at radius 3 is 2.52 bits per heavy atom. The van der Waals surface area contributed by atoms with E-state index in [2.05, 4.69) is 15.5 Å². The van der Waals surface area contributed by atoms with Gasteiger partial charge in [-0.3, -0.25) is 14.6 Å². The van der Waals surface area contributed by atoms with Gasteiger partial charge in [-0.25, -0.2) is 4.79 Å². The van der Waals surface area contributed by atoms with Gasteiger partial charge in [-0.15, -0.1) is 0 Å². The predicted octanol–water partition coefficient (Wildman–Crippen LogP) is 3.26. The van der Waals surface area contributed by atoms with E-state index >= 15 is 0 Å². The summed E-state index contributed by atoms with van der Waals surface area (Å²) in [6.45, 7) is 12.5. The molecule has 1 aromatic rings. The molecule has 15 nitrogen and oxygen atoms in total. The number of ether oxygens (including phenoxy) is 6. The fourth-order valence-corrected chi connectivity index (χ4v) is 8.02. The standard InChI is InChI=1S/C37H56N4O11/c1-10-28-37(7)32(39-35(45)51-37)23(5)30(42)20(2)16-36(6)29(50-34-31(43)26(41(8)9)14-21(3)48-34)15-27(22(4)33(44)49-28)46-18-24(19-47-36)40-52-25-12-11-13-38-17-25/h11-13,17,20-23,26-29,31-32,34,43H,10,14-16,18-19H2,1-9H3,(H,39,45)/b40-24+/t20-,21-,22-,23+,26+,27-,28-,29-,31-,32?,34?,36+,37?/m1/s1. The van der Waals surface area contributed by atoms with Crippen molar-refractivity contribution in [3.05, 3.63) is 24.5 Å². The molecular weight excluding hydrogens is 676 g/mol. The van der Waals surface area contributed by atoms with E-state index in [9.17, 15) is 19.5 Å². The van der Waals surface area contributed by atoms with Gasteiger partial charge in [-0.2, -0.15) is 0 Å². The molecule has 3 unspecified atom stereocenters. The Hall–Kier alpha value is -3.21. The van der Waals surface area contributed by atoms with Gasteiger partial charge in [0, 0.05) is 30.5 Å². The molecule has 0 aliphatic carbocycles. The average Bonchev–Trinajstić information content (AvgIpc) is 3.45. The number of nitrogens with one attached hydrogen (secondary N) is 1. The van der Waals surface area contributed by atoms with Gasteiger partial charge in [0.1, 0.15) is 23.7 Å². The number of alkyl carbamates (subject to hydrolysis) is 1. The van der Waals surface area contributed by atoms with Crippen molar-refractivity contribution in [3.8, 4) is 5.75 Å². The molecule has 0 spiro atoms. The molecule has 0 saturated carbocycles. The van der Waals surface area contributed by atoms with Crippen LogP contribution in [0.5, 0.6) is 5.75 Å². The number of aliphatic hydroxyl groups excluding tert-OH is 1. The Kier molecular flexibility index (Phi) is 12.6. The molecule has 4 aliphatic rings. The highest BCUT2D eigenvalue weighted by molar-refractivity contribution is 5.87. The van der Waals surface area contributed by atoms with E-state index in [-0.39, 0.29) is 44.0 Å². The highest BCUT2D eigenvalue weighted by Gasteiger charge is 2.57. The zero-order valence-electron chi connectivity index (χ0n) is 31.8. The summed E-state index contributed by atoms with van der Waals surface area (Å²) in [4.78, 5) is 52.8. The van der Waals surface area contributed by atoms with Crippen LogP contribution in [-0.4, -0.2) is 126 Å². The maximum Gasteiger partial charge on any atom is 0.408 e. The number of ketones is 1. The SMILES string of the molecule is CC[C@H]1OC(=O)[C@H](C)[C@H]2C[C@@H](OC3O[C@H](C)C[C@H](N(C)C)[C@H]3O)[C@](C)(C[C@@H](C)C(=O)[C@H](C)C3NC(=O)OC31C)OC/C(=N/Oc1cccnc1)CO2. The maximum atomic E-state index is 14.3. The molecule has 2 bridgehead atoms. The molecule has 1 aromatic heterocycles. The summed E-state index contributed by atoms with van der Waals surface area (Å²) in [5, 5.41) is 18.7. The van der Waals surface area contributed by atoms with Crippen LogP contribution in [0.3, 0.4) is 0 Å². The average molecular weight is 733 g/mol. The van der Waals surface area contributed by atoms with Crippen molar-refractivity contribution in [2.75, 3.05) is 27.3 Å². The van der Waals surface area contributed by atoms with Crippen molar-refractivity contribution in [1.82, 2.24) is 15.2 Å². The summed E-state index contributed by atoms with van der Waals surface area (Å²) in [6.07, 6.45) is -1.14. The number of Topliss-reactive ketones (excluding diaryl/α,β-unsaturated/α-hetero) is 1. The molecule has 290 valence electrons. The Morgan fingerprint density at radius 1 is 1.10 bits per heavy atom. The van der Waals surface area contributed by atoms with Crippen LogP contribution < -0.4 is 10.2 Å². The van der Waals surface area contributed by atoms with Crippen LogP contribution in [-0.2, 0) is 38.0 Å². The van der Waals surface area contributed by atoms with Crippen molar-refractivity contribution in [2.24, 2.45) is 22.9 Å². The number of nitrogens with zero attached hydrogens (tertiary/aromatic N) is 3. The molecule has 4 aliphatic heterocycles. The van der Waals surface area contributed by atoms with Crippen molar-refractivity contribution >= 4 is 23.6 Å². The number of hydrogen-bond donors (Lipinski definition) is 2. The number of esters is 1. The fraction of sp³-hybridized carbons (Fsp3) is 0.757. The zero-order valence-corrected chi connectivity index (χ0v) is 31.8. The van der Waals surface area contributed by atoms with Gasteiger partial charge in [-0.05, 0) is 73.2 Å². The summed E-state index contributed by atoms with van der Waals surface area (Å²) in [7, 11) is 3.79. The van der Waals surface area contributed by atoms with Gasteiger partial charge in [-0.1, -0.05) is 25.9 Å². The largest absolute Gasteiger partial charge is 0.458 e. The molecule has 1 amide bonds. The fourth-order valence-electron chi connectivity index (χ4n) is 8.02. The summed E-state index contributed by atoms with van der Waals surface area (Å²) in [5.41, 5.74) is -2.14. The van der Waals surface area contributed by atoms with Crippen LogP contribution in [0.25, 0.3) is 0 Å². The molecule has 4 saturated heterocycles. The van der Waals surface area contributed by atoms with Gasteiger partial charge in [0.2, 0.25) is 0 Å². The quantitative estimate of drug-likeness (QED) is 0.322. The number of carbonyl (C=O) groups excluding carboxylic acids is 3. The molecule has 52 heavy (non-hydrogen) atoms. The second kappa shape index (κ2) is 16.4. The summed E-state index contributed by atoms with van der Waals surface area (Å²) in [5.74, 6) is -2.48. The van der Waals surface area contributed by atoms with E-state index in [0.717, 1.165) is 0 Å². The second-order valence-corrected chi connectivity index (χ2v) is 15.4. The second-order valence-electron chi connectivity index (χ2n) is 15.4. The Morgan fingerprint density at radius 2 is 1.85 bits per heavy atom. The van der Waals surface area contributed by atoms with E-state index in [1.54, 1.807) is 39.1 Å². The smallest absolute Gasteiger partial charge is 0.408 e. The van der Waals surface area contributed by atoms with Gasteiger partial charge in [0.25, 0.3) is 0 Å². The van der Waals surface area contributed by atoms with E-state index in [0.29, 0.717) is 24.3 Å². The topological polar surface area (TPSA) is 177 Å². The molecular formula is C37H56N4O11. The number of hydrogen-bond acceptors (Lipinski definition) is 14. The highest BCUT2D eigenvalue weighted by Crippen LogP contribution is 2.40. The monoisotopic (exact) mass is 732 g/mol. The van der Waals surface area contributed by atoms with Crippen molar-refractivity contribution in [1.29, 1.82) is 0 Å². The minimum absolute atomic E-state index is 0.0579. The number of carbonyl (C=O) groups is 3. The molecule has 13 atom stereocenters. The van der Waals surface area contributed by atoms with Crippen LogP contribution in [0.15, 0.2) is 29.7 Å². The van der Waals surface area contributed by atoms with E-state index in [1.807, 2.05) is 46.7 Å². The van der Waals surface area contributed by atoms with E-state index in [4.69, 9.17) is 33.3 Å². The summed E-state index contributed by atoms with van der Waals surface area (Å²) in [6, 6.07) is 2.41. The van der Waals surface area contributed by atoms with Gasteiger partial charge in [0.05, 0.1) is 55.3 Å². The number of amides is 1. The molecule has 0 aromatic carbocycles. The maximum absolute atomic E-state index is 14.3. The molecule has 4 fully saturated rings. The predicted molar refractivity (Wildman–Crippen MR) is 187 cm³/mol. The third-order valence-electron chi connectivity index (χ3n) is 11.2. The number of aromatic nitrogens is 1. The van der Waals surface area contributed by atoms with Gasteiger partial charge < -0.3 is 48.6 Å². The highest BCUT2D eigenvalue weighted by atomic mass is 16.7. The Labute approximate surface area is 306 Å². The van der Waals surface area contributed by atoms with E-state index < -0.39 is 77.8 Å². The zero-order chi connectivity index (χ0) is 38.0. The van der Waals surface area contributed by atoms with Crippen LogP contribution >= 0.6 is 0 Å². The first kappa shape index (κ1) is 40.0. The van der Waals surface area contributed by atoms with Crippen LogP contribution in [0.4, 0.5) is 4.79 Å². The number of likely N-dealkylation sites (N-methyl/N-ethyl adjacent to an activating group) is 1. The molecule has 5 rings (SSSR count). The number of aliphatic hydroxyl groups is 1. The van der Waals surface area contributed by atoms with E-state index in [1.165, 1.54) is 6.20 Å². The lowest BCUT2D eigenvalue weighted by Crippen LogP contribution is -2.59. The first-order chi connectivity index (χ1) is 24.6. The Balaban J connectivity index is 1.58. The molecule has 2 N–H and O–H groups in total. The summed E-state index contributed by atoms with van der Waals surface area (Å²) >= 11 is 0. The minimum Gasteiger partial charge on any atom is -0.458 e. The van der Waals surface area contributed by atoms with Crippen molar-refractivity contribution in [3.63, 3.8) is 0 Å². The lowest BCUT2D eigenvalue weighted by atomic mass is 9.75. The molecule has 15 heteroatoms. The normalized spacial score (nSPS) is 41.6. The van der Waals surface area contributed by atoms with Crippen molar-refractivity contribution in [2.45, 2.75) is 134 Å². The number of fused-ring (bicyclic) bond motifs is 4. The number of cyclic esters (lactones) is 1. The first-order valence-electron chi connectivity index (χ1n) is 18.3. The third-order valence-corrected chi connectivity index (χ3v) is 11.2.